The summed E-state index contributed by atoms with van der Waals surface area (Å²) in [5.41, 5.74) is 0.885. The Kier molecular flexibility index (Phi) is 1.59. The van der Waals surface area contributed by atoms with Gasteiger partial charge in [0.2, 0.25) is 5.82 Å². The number of nitrogens with zero attached hydrogens (tertiary/aromatic N) is 2. The third-order valence-corrected chi connectivity index (χ3v) is 2.43. The number of hydrogen-bond donors (Lipinski definition) is 1. The van der Waals surface area contributed by atoms with Crippen LogP contribution in [0.25, 0.3) is 15.7 Å². The molecule has 0 atom stereocenters. The van der Waals surface area contributed by atoms with E-state index in [1.54, 1.807) is 12.4 Å². The lowest BCUT2D eigenvalue weighted by atomic mass is 10.3. The third-order valence-electron chi connectivity index (χ3n) is 1.63. The molecule has 0 aromatic carbocycles. The Labute approximate surface area is 77.4 Å². The lowest BCUT2D eigenvalue weighted by Gasteiger charge is -1.84. The molecule has 0 saturated carbocycles. The number of aromatic amines is 1. The first kappa shape index (κ1) is 7.32. The van der Waals surface area contributed by atoms with Crippen LogP contribution in [0.15, 0.2) is 22.9 Å². The molecule has 0 amide bonds. The van der Waals surface area contributed by atoms with E-state index in [1.807, 2.05) is 6.07 Å². The van der Waals surface area contributed by atoms with Crippen LogP contribution >= 0.6 is 15.9 Å². The SMILES string of the molecule is [C-]#[N+]c1[nH]c2cnccc2c1Br. The van der Waals surface area contributed by atoms with E-state index in [9.17, 15) is 0 Å². The van der Waals surface area contributed by atoms with E-state index < -0.39 is 0 Å². The fourth-order valence-electron chi connectivity index (χ4n) is 1.07. The quantitative estimate of drug-likeness (QED) is 0.683. The lowest BCUT2D eigenvalue weighted by Crippen LogP contribution is -1.69. The molecule has 58 valence electrons. The van der Waals surface area contributed by atoms with Gasteiger partial charge in [-0.2, -0.15) is 0 Å². The van der Waals surface area contributed by atoms with Crippen LogP contribution in [0.5, 0.6) is 0 Å². The van der Waals surface area contributed by atoms with Crippen molar-refractivity contribution in [3.63, 3.8) is 0 Å². The maximum Gasteiger partial charge on any atom is 0.243 e. The Morgan fingerprint density at radius 3 is 3.08 bits per heavy atom. The second-order valence-corrected chi connectivity index (χ2v) is 3.11. The van der Waals surface area contributed by atoms with Crippen LogP contribution in [0.2, 0.25) is 0 Å². The molecule has 2 heterocycles. The number of rotatable bonds is 0. The average molecular weight is 222 g/mol. The highest BCUT2D eigenvalue weighted by Gasteiger charge is 2.07. The molecule has 0 radical (unpaired) electrons. The van der Waals surface area contributed by atoms with Gasteiger partial charge in [0.15, 0.2) is 0 Å². The largest absolute Gasteiger partial charge is 0.363 e. The normalized spacial score (nSPS) is 10.0. The highest BCUT2D eigenvalue weighted by Crippen LogP contribution is 2.32. The van der Waals surface area contributed by atoms with Gasteiger partial charge in [-0.1, -0.05) is 22.5 Å². The van der Waals surface area contributed by atoms with Crippen molar-refractivity contribution in [3.05, 3.63) is 34.3 Å². The maximum absolute atomic E-state index is 6.86. The molecule has 0 fully saturated rings. The minimum absolute atomic E-state index is 0.526. The zero-order valence-electron chi connectivity index (χ0n) is 6.00. The predicted molar refractivity (Wildman–Crippen MR) is 50.1 cm³/mol. The van der Waals surface area contributed by atoms with Crippen LogP contribution in [-0.2, 0) is 0 Å². The zero-order valence-corrected chi connectivity index (χ0v) is 7.59. The Hall–Kier alpha value is -1.34. The van der Waals surface area contributed by atoms with E-state index in [2.05, 4.69) is 30.7 Å². The van der Waals surface area contributed by atoms with Crippen LogP contribution in [0, 0.1) is 6.57 Å². The first-order valence-corrected chi connectivity index (χ1v) is 4.11. The number of H-pyrrole nitrogens is 1. The van der Waals surface area contributed by atoms with Crippen molar-refractivity contribution in [2.24, 2.45) is 0 Å². The fraction of sp³-hybridized carbons (Fsp3) is 0. The topological polar surface area (TPSA) is 33.0 Å². The highest BCUT2D eigenvalue weighted by atomic mass is 79.9. The molecule has 0 unspecified atom stereocenters. The second kappa shape index (κ2) is 2.61. The van der Waals surface area contributed by atoms with Gasteiger partial charge < -0.3 is 9.83 Å². The summed E-state index contributed by atoms with van der Waals surface area (Å²) in [6, 6.07) is 1.87. The standard InChI is InChI=1S/C8H4BrN3/c1-10-8-7(9)5-2-3-11-4-6(5)12-8/h2-4,12H. The third kappa shape index (κ3) is 0.908. The van der Waals surface area contributed by atoms with E-state index >= 15 is 0 Å². The molecule has 2 aromatic rings. The lowest BCUT2D eigenvalue weighted by molar-refractivity contribution is 1.34. The minimum atomic E-state index is 0.526. The molecule has 0 aliphatic heterocycles. The number of aromatic nitrogens is 2. The van der Waals surface area contributed by atoms with Crippen LogP contribution < -0.4 is 0 Å². The molecule has 0 bridgehead atoms. The number of fused-ring (bicyclic) bond motifs is 1. The summed E-state index contributed by atoms with van der Waals surface area (Å²) in [6.07, 6.45) is 3.41. The molecular formula is C8H4BrN3. The summed E-state index contributed by atoms with van der Waals surface area (Å²) < 4.78 is 0.815. The zero-order chi connectivity index (χ0) is 8.55. The maximum atomic E-state index is 6.86. The minimum Gasteiger partial charge on any atom is -0.363 e. The van der Waals surface area contributed by atoms with Gasteiger partial charge >= 0.3 is 0 Å². The molecule has 4 heteroatoms. The Balaban J connectivity index is 2.90. The summed E-state index contributed by atoms with van der Waals surface area (Å²) in [6.45, 7) is 6.86. The first-order valence-electron chi connectivity index (χ1n) is 3.31. The monoisotopic (exact) mass is 221 g/mol. The van der Waals surface area contributed by atoms with E-state index in [4.69, 9.17) is 6.57 Å². The summed E-state index contributed by atoms with van der Waals surface area (Å²) in [7, 11) is 0. The molecule has 12 heavy (non-hydrogen) atoms. The number of halogens is 1. The van der Waals surface area contributed by atoms with Gasteiger partial charge in [-0.05, 0) is 6.07 Å². The molecule has 3 nitrogen and oxygen atoms in total. The van der Waals surface area contributed by atoms with Gasteiger partial charge in [0.05, 0.1) is 10.7 Å². The van der Waals surface area contributed by atoms with Crippen molar-refractivity contribution in [3.8, 4) is 0 Å². The number of nitrogens with one attached hydrogen (secondary N) is 1. The van der Waals surface area contributed by atoms with E-state index in [1.165, 1.54) is 0 Å². The fourth-order valence-corrected chi connectivity index (χ4v) is 1.61. The molecule has 2 rings (SSSR count). The van der Waals surface area contributed by atoms with Crippen molar-refractivity contribution < 1.29 is 0 Å². The number of hydrogen-bond acceptors (Lipinski definition) is 1. The molecule has 1 N–H and O–H groups in total. The van der Waals surface area contributed by atoms with Gasteiger partial charge in [0.1, 0.15) is 5.52 Å². The number of pyridine rings is 1. The molecule has 0 spiro atoms. The summed E-state index contributed by atoms with van der Waals surface area (Å²) >= 11 is 3.34. The van der Waals surface area contributed by atoms with Crippen LogP contribution in [0.4, 0.5) is 5.82 Å². The van der Waals surface area contributed by atoms with Gasteiger partial charge in [-0.3, -0.25) is 4.98 Å². The van der Waals surface area contributed by atoms with E-state index in [-0.39, 0.29) is 0 Å². The Morgan fingerprint density at radius 1 is 1.58 bits per heavy atom. The van der Waals surface area contributed by atoms with Crippen molar-refractivity contribution in [2.45, 2.75) is 0 Å². The molecule has 0 saturated heterocycles. The van der Waals surface area contributed by atoms with Crippen molar-refractivity contribution >= 4 is 32.7 Å². The molecular weight excluding hydrogens is 218 g/mol. The first-order chi connectivity index (χ1) is 5.83. The average Bonchev–Trinajstić information content (AvgIpc) is 2.44. The summed E-state index contributed by atoms with van der Waals surface area (Å²) in [5, 5.41) is 0.996. The van der Waals surface area contributed by atoms with Crippen molar-refractivity contribution in [2.75, 3.05) is 0 Å². The van der Waals surface area contributed by atoms with Crippen LogP contribution in [0.3, 0.4) is 0 Å². The Bertz CT molecular complexity index is 467. The molecule has 0 aliphatic carbocycles. The van der Waals surface area contributed by atoms with Crippen molar-refractivity contribution in [1.82, 2.24) is 9.97 Å². The second-order valence-electron chi connectivity index (χ2n) is 2.32. The predicted octanol–water partition coefficient (Wildman–Crippen LogP) is 2.88. The van der Waals surface area contributed by atoms with Crippen molar-refractivity contribution in [1.29, 1.82) is 0 Å². The molecule has 2 aromatic heterocycles. The van der Waals surface area contributed by atoms with Crippen LogP contribution in [0.1, 0.15) is 0 Å². The van der Waals surface area contributed by atoms with Crippen LogP contribution in [-0.4, -0.2) is 9.97 Å². The van der Waals surface area contributed by atoms with Gasteiger partial charge in [0.25, 0.3) is 0 Å². The summed E-state index contributed by atoms with van der Waals surface area (Å²) in [4.78, 5) is 10.2. The van der Waals surface area contributed by atoms with Gasteiger partial charge in [-0.25, -0.2) is 0 Å². The van der Waals surface area contributed by atoms with Gasteiger partial charge in [-0.15, -0.1) is 0 Å². The Morgan fingerprint density at radius 2 is 2.42 bits per heavy atom. The highest BCUT2D eigenvalue weighted by molar-refractivity contribution is 9.10. The smallest absolute Gasteiger partial charge is 0.243 e. The van der Waals surface area contributed by atoms with E-state index in [0.29, 0.717) is 5.82 Å². The van der Waals surface area contributed by atoms with E-state index in [0.717, 1.165) is 15.4 Å². The van der Waals surface area contributed by atoms with Gasteiger partial charge in [0, 0.05) is 11.6 Å². The molecule has 0 aliphatic rings. The summed E-state index contributed by atoms with van der Waals surface area (Å²) in [5.74, 6) is 0.526.